The highest BCUT2D eigenvalue weighted by Crippen LogP contribution is 2.27. The van der Waals surface area contributed by atoms with Gasteiger partial charge in [0.1, 0.15) is 0 Å². The third-order valence-electron chi connectivity index (χ3n) is 4.63. The molecule has 3 heteroatoms. The lowest BCUT2D eigenvalue weighted by Gasteiger charge is -2.36. The number of nitrogens with zero attached hydrogens (tertiary/aromatic N) is 2. The maximum Gasteiger partial charge on any atom is 0.0499 e. The fourth-order valence-corrected chi connectivity index (χ4v) is 2.95. The quantitative estimate of drug-likeness (QED) is 0.737. The summed E-state index contributed by atoms with van der Waals surface area (Å²) in [7, 11) is 4.42. The van der Waals surface area contributed by atoms with Crippen molar-refractivity contribution < 1.29 is 5.11 Å². The second-order valence-electron chi connectivity index (χ2n) is 5.84. The standard InChI is InChI=1S/C14H30N2O/c1-5-14(6-2,12-17)11-15(3)10-13-8-7-9-16(13)4/h13,17H,5-12H2,1-4H3. The Labute approximate surface area is 107 Å². The van der Waals surface area contributed by atoms with E-state index in [0.717, 1.165) is 25.9 Å². The molecular formula is C14H30N2O. The number of likely N-dealkylation sites (N-methyl/N-ethyl adjacent to an activating group) is 2. The van der Waals surface area contributed by atoms with E-state index in [1.54, 1.807) is 0 Å². The fourth-order valence-electron chi connectivity index (χ4n) is 2.95. The van der Waals surface area contributed by atoms with E-state index in [9.17, 15) is 5.11 Å². The van der Waals surface area contributed by atoms with Crippen molar-refractivity contribution in [1.29, 1.82) is 0 Å². The van der Waals surface area contributed by atoms with Crippen LogP contribution >= 0.6 is 0 Å². The van der Waals surface area contributed by atoms with E-state index >= 15 is 0 Å². The zero-order valence-electron chi connectivity index (χ0n) is 12.1. The lowest BCUT2D eigenvalue weighted by Crippen LogP contribution is -2.43. The Bertz CT molecular complexity index is 208. The first-order valence-corrected chi connectivity index (χ1v) is 7.06. The van der Waals surface area contributed by atoms with Gasteiger partial charge in [-0.3, -0.25) is 0 Å². The maximum atomic E-state index is 9.60. The third-order valence-corrected chi connectivity index (χ3v) is 4.63. The minimum atomic E-state index is 0.103. The molecule has 0 bridgehead atoms. The van der Waals surface area contributed by atoms with Gasteiger partial charge < -0.3 is 14.9 Å². The van der Waals surface area contributed by atoms with Crippen LogP contribution in [-0.2, 0) is 0 Å². The summed E-state index contributed by atoms with van der Waals surface area (Å²) < 4.78 is 0. The molecule has 3 nitrogen and oxygen atoms in total. The van der Waals surface area contributed by atoms with Crippen LogP contribution in [0.2, 0.25) is 0 Å². The van der Waals surface area contributed by atoms with E-state index in [2.05, 4.69) is 37.7 Å². The average Bonchev–Trinajstić information content (AvgIpc) is 2.72. The molecule has 0 aromatic heterocycles. The van der Waals surface area contributed by atoms with Crippen LogP contribution in [0.5, 0.6) is 0 Å². The van der Waals surface area contributed by atoms with Gasteiger partial charge in [0.2, 0.25) is 0 Å². The molecule has 1 rings (SSSR count). The maximum absolute atomic E-state index is 9.60. The monoisotopic (exact) mass is 242 g/mol. The van der Waals surface area contributed by atoms with E-state index in [1.165, 1.54) is 19.4 Å². The summed E-state index contributed by atoms with van der Waals surface area (Å²) in [6.45, 7) is 8.08. The van der Waals surface area contributed by atoms with Gasteiger partial charge in [0, 0.05) is 31.2 Å². The molecule has 1 aliphatic rings. The number of hydrogen-bond donors (Lipinski definition) is 1. The molecule has 0 amide bonds. The first-order chi connectivity index (χ1) is 8.06. The van der Waals surface area contributed by atoms with Gasteiger partial charge in [0.15, 0.2) is 0 Å². The number of aliphatic hydroxyl groups excluding tert-OH is 1. The zero-order valence-corrected chi connectivity index (χ0v) is 12.1. The molecule has 0 saturated carbocycles. The number of aliphatic hydroxyl groups is 1. The predicted octanol–water partition coefficient (Wildman–Crippen LogP) is 1.81. The molecule has 1 N–H and O–H groups in total. The largest absolute Gasteiger partial charge is 0.396 e. The van der Waals surface area contributed by atoms with Crippen LogP contribution in [0.25, 0.3) is 0 Å². The third kappa shape index (κ3) is 3.94. The van der Waals surface area contributed by atoms with Gasteiger partial charge in [0.25, 0.3) is 0 Å². The second-order valence-corrected chi connectivity index (χ2v) is 5.84. The highest BCUT2D eigenvalue weighted by Gasteiger charge is 2.29. The summed E-state index contributed by atoms with van der Waals surface area (Å²) in [6.07, 6.45) is 4.78. The van der Waals surface area contributed by atoms with E-state index in [4.69, 9.17) is 0 Å². The van der Waals surface area contributed by atoms with E-state index in [1.807, 2.05) is 0 Å². The zero-order chi connectivity index (χ0) is 12.9. The van der Waals surface area contributed by atoms with Crippen LogP contribution in [0.1, 0.15) is 39.5 Å². The molecule has 0 aromatic carbocycles. The van der Waals surface area contributed by atoms with Crippen LogP contribution in [0.15, 0.2) is 0 Å². The summed E-state index contributed by atoms with van der Waals surface area (Å²) in [5, 5.41) is 9.60. The summed E-state index contributed by atoms with van der Waals surface area (Å²) >= 11 is 0. The Balaban J connectivity index is 2.44. The first kappa shape index (κ1) is 14.9. The molecule has 0 radical (unpaired) electrons. The summed E-state index contributed by atoms with van der Waals surface area (Å²) in [6, 6.07) is 0.713. The first-order valence-electron chi connectivity index (χ1n) is 7.06. The van der Waals surface area contributed by atoms with E-state index in [-0.39, 0.29) is 5.41 Å². The lowest BCUT2D eigenvalue weighted by molar-refractivity contribution is 0.0675. The van der Waals surface area contributed by atoms with Gasteiger partial charge in [-0.2, -0.15) is 0 Å². The summed E-state index contributed by atoms with van der Waals surface area (Å²) in [4.78, 5) is 4.88. The number of rotatable bonds is 7. The van der Waals surface area contributed by atoms with Gasteiger partial charge >= 0.3 is 0 Å². The van der Waals surface area contributed by atoms with Gasteiger partial charge in [-0.25, -0.2) is 0 Å². The Morgan fingerprint density at radius 2 is 2.00 bits per heavy atom. The van der Waals surface area contributed by atoms with Crippen LogP contribution in [-0.4, -0.2) is 61.3 Å². The van der Waals surface area contributed by atoms with E-state index < -0.39 is 0 Å². The van der Waals surface area contributed by atoms with Crippen molar-refractivity contribution in [3.05, 3.63) is 0 Å². The van der Waals surface area contributed by atoms with Gasteiger partial charge in [-0.15, -0.1) is 0 Å². The van der Waals surface area contributed by atoms with Crippen molar-refractivity contribution in [3.63, 3.8) is 0 Å². The second kappa shape index (κ2) is 6.72. The molecule has 1 atom stereocenters. The van der Waals surface area contributed by atoms with Crippen LogP contribution in [0.3, 0.4) is 0 Å². The molecule has 0 aliphatic carbocycles. The highest BCUT2D eigenvalue weighted by molar-refractivity contribution is 4.83. The molecule has 0 spiro atoms. The highest BCUT2D eigenvalue weighted by atomic mass is 16.3. The Morgan fingerprint density at radius 3 is 2.41 bits per heavy atom. The fraction of sp³-hybridized carbons (Fsp3) is 1.00. The predicted molar refractivity (Wildman–Crippen MR) is 73.2 cm³/mol. The van der Waals surface area contributed by atoms with Gasteiger partial charge in [0.05, 0.1) is 0 Å². The Kier molecular flexibility index (Phi) is 5.90. The molecule has 1 heterocycles. The normalized spacial score (nSPS) is 22.6. The Morgan fingerprint density at radius 1 is 1.35 bits per heavy atom. The SMILES string of the molecule is CCC(CC)(CO)CN(C)CC1CCCN1C. The lowest BCUT2D eigenvalue weighted by atomic mass is 9.82. The minimum Gasteiger partial charge on any atom is -0.396 e. The van der Waals surface area contributed by atoms with Crippen molar-refractivity contribution >= 4 is 0 Å². The van der Waals surface area contributed by atoms with Crippen molar-refractivity contribution in [2.45, 2.75) is 45.6 Å². The molecule has 102 valence electrons. The van der Waals surface area contributed by atoms with Crippen LogP contribution < -0.4 is 0 Å². The minimum absolute atomic E-state index is 0.103. The smallest absolute Gasteiger partial charge is 0.0499 e. The van der Waals surface area contributed by atoms with Crippen molar-refractivity contribution in [2.24, 2.45) is 5.41 Å². The number of hydrogen-bond acceptors (Lipinski definition) is 3. The van der Waals surface area contributed by atoms with Crippen molar-refractivity contribution in [1.82, 2.24) is 9.80 Å². The molecular weight excluding hydrogens is 212 g/mol. The molecule has 1 unspecified atom stereocenters. The number of likely N-dealkylation sites (tertiary alicyclic amines) is 1. The van der Waals surface area contributed by atoms with Gasteiger partial charge in [-0.05, 0) is 46.3 Å². The molecule has 0 aromatic rings. The molecule has 1 fully saturated rings. The topological polar surface area (TPSA) is 26.7 Å². The van der Waals surface area contributed by atoms with Crippen LogP contribution in [0, 0.1) is 5.41 Å². The molecule has 1 aliphatic heterocycles. The van der Waals surface area contributed by atoms with Gasteiger partial charge in [-0.1, -0.05) is 13.8 Å². The molecule has 17 heavy (non-hydrogen) atoms. The summed E-state index contributed by atoms with van der Waals surface area (Å²) in [5.74, 6) is 0. The van der Waals surface area contributed by atoms with E-state index in [0.29, 0.717) is 12.6 Å². The summed E-state index contributed by atoms with van der Waals surface area (Å²) in [5.41, 5.74) is 0.103. The Hall–Kier alpha value is -0.120. The molecule has 1 saturated heterocycles. The van der Waals surface area contributed by atoms with Crippen LogP contribution in [0.4, 0.5) is 0 Å². The van der Waals surface area contributed by atoms with Crippen molar-refractivity contribution in [3.8, 4) is 0 Å². The average molecular weight is 242 g/mol. The van der Waals surface area contributed by atoms with Crippen molar-refractivity contribution in [2.75, 3.05) is 40.3 Å².